The van der Waals surface area contributed by atoms with Crippen LogP contribution < -0.4 is 10.5 Å². The molecule has 3 nitrogen and oxygen atoms in total. The summed E-state index contributed by atoms with van der Waals surface area (Å²) in [6.45, 7) is 8.83. The van der Waals surface area contributed by atoms with Crippen molar-refractivity contribution in [1.29, 1.82) is 0 Å². The molecule has 19 heavy (non-hydrogen) atoms. The largest absolute Gasteiger partial charge is 0.489 e. The van der Waals surface area contributed by atoms with Crippen LogP contribution in [0.3, 0.4) is 0 Å². The lowest BCUT2D eigenvalue weighted by atomic mass is 10.2. The molecule has 2 N–H and O–H groups in total. The minimum absolute atomic E-state index is 0.159. The van der Waals surface area contributed by atoms with Crippen LogP contribution in [0.15, 0.2) is 30.3 Å². The third-order valence-electron chi connectivity index (χ3n) is 3.22. The van der Waals surface area contributed by atoms with Gasteiger partial charge in [0.05, 0.1) is 11.8 Å². The SMILES string of the molecule is Cc1cc(CN)c(C)n1-c1ccccc1OC(C)C. The molecule has 1 aromatic heterocycles. The van der Waals surface area contributed by atoms with Crippen LogP contribution in [0.4, 0.5) is 0 Å². The van der Waals surface area contributed by atoms with Crippen molar-refractivity contribution in [2.24, 2.45) is 5.73 Å². The smallest absolute Gasteiger partial charge is 0.143 e. The molecule has 0 spiro atoms. The van der Waals surface area contributed by atoms with E-state index in [0.717, 1.165) is 11.4 Å². The van der Waals surface area contributed by atoms with Crippen molar-refractivity contribution < 1.29 is 4.74 Å². The predicted molar refractivity (Wildman–Crippen MR) is 78.9 cm³/mol. The Morgan fingerprint density at radius 1 is 1.21 bits per heavy atom. The van der Waals surface area contributed by atoms with E-state index in [4.69, 9.17) is 10.5 Å². The summed E-state index contributed by atoms with van der Waals surface area (Å²) in [6, 6.07) is 10.3. The molecule has 0 unspecified atom stereocenters. The number of hydrogen-bond donors (Lipinski definition) is 1. The summed E-state index contributed by atoms with van der Waals surface area (Å²) in [7, 11) is 0. The van der Waals surface area contributed by atoms with E-state index < -0.39 is 0 Å². The van der Waals surface area contributed by atoms with Gasteiger partial charge in [0.15, 0.2) is 0 Å². The minimum Gasteiger partial charge on any atom is -0.489 e. The number of benzene rings is 1. The van der Waals surface area contributed by atoms with E-state index >= 15 is 0 Å². The average molecular weight is 258 g/mol. The fraction of sp³-hybridized carbons (Fsp3) is 0.375. The molecule has 2 rings (SSSR count). The Bertz CT molecular complexity index is 570. The number of ether oxygens (including phenoxy) is 1. The number of nitrogens with zero attached hydrogens (tertiary/aromatic N) is 1. The molecular weight excluding hydrogens is 236 g/mol. The van der Waals surface area contributed by atoms with Gasteiger partial charge in [-0.3, -0.25) is 0 Å². The maximum Gasteiger partial charge on any atom is 0.143 e. The van der Waals surface area contributed by atoms with Gasteiger partial charge in [0, 0.05) is 17.9 Å². The molecular formula is C16H22N2O. The zero-order valence-corrected chi connectivity index (χ0v) is 12.1. The summed E-state index contributed by atoms with van der Waals surface area (Å²) < 4.78 is 8.11. The highest BCUT2D eigenvalue weighted by Crippen LogP contribution is 2.28. The number of para-hydroxylation sites is 2. The van der Waals surface area contributed by atoms with Crippen LogP contribution in [0, 0.1) is 13.8 Å². The first-order valence-electron chi connectivity index (χ1n) is 6.68. The highest BCUT2D eigenvalue weighted by molar-refractivity contribution is 5.50. The fourth-order valence-electron chi connectivity index (χ4n) is 2.40. The molecule has 0 aliphatic carbocycles. The van der Waals surface area contributed by atoms with E-state index in [0.29, 0.717) is 6.54 Å². The van der Waals surface area contributed by atoms with Crippen molar-refractivity contribution in [3.05, 3.63) is 47.3 Å². The summed E-state index contributed by atoms with van der Waals surface area (Å²) in [5.41, 5.74) is 10.4. The predicted octanol–water partition coefficient (Wildman–Crippen LogP) is 3.34. The number of nitrogens with two attached hydrogens (primary N) is 1. The van der Waals surface area contributed by atoms with Crippen LogP contribution in [-0.2, 0) is 6.54 Å². The minimum atomic E-state index is 0.159. The van der Waals surface area contributed by atoms with Gasteiger partial charge in [-0.05, 0) is 51.5 Å². The maximum atomic E-state index is 5.90. The molecule has 102 valence electrons. The Hall–Kier alpha value is -1.74. The molecule has 0 bridgehead atoms. The van der Waals surface area contributed by atoms with Gasteiger partial charge in [-0.25, -0.2) is 0 Å². The van der Waals surface area contributed by atoms with Crippen molar-refractivity contribution in [1.82, 2.24) is 4.57 Å². The first-order chi connectivity index (χ1) is 9.04. The van der Waals surface area contributed by atoms with Crippen molar-refractivity contribution in [2.45, 2.75) is 40.3 Å². The summed E-state index contributed by atoms with van der Waals surface area (Å²) in [5.74, 6) is 0.905. The Kier molecular flexibility index (Phi) is 3.96. The fourth-order valence-corrected chi connectivity index (χ4v) is 2.40. The van der Waals surface area contributed by atoms with E-state index in [1.807, 2.05) is 32.0 Å². The number of aryl methyl sites for hydroxylation is 1. The first-order valence-corrected chi connectivity index (χ1v) is 6.68. The normalized spacial score (nSPS) is 11.1. The highest BCUT2D eigenvalue weighted by Gasteiger charge is 2.13. The molecule has 0 saturated carbocycles. The molecule has 0 atom stereocenters. The van der Waals surface area contributed by atoms with Crippen LogP contribution >= 0.6 is 0 Å². The van der Waals surface area contributed by atoms with E-state index in [1.54, 1.807) is 0 Å². The zero-order chi connectivity index (χ0) is 14.0. The second kappa shape index (κ2) is 5.49. The van der Waals surface area contributed by atoms with Gasteiger partial charge in [0.2, 0.25) is 0 Å². The Labute approximate surface area is 115 Å². The van der Waals surface area contributed by atoms with Crippen molar-refractivity contribution >= 4 is 0 Å². The van der Waals surface area contributed by atoms with E-state index in [9.17, 15) is 0 Å². The molecule has 0 saturated heterocycles. The number of aromatic nitrogens is 1. The molecule has 0 amide bonds. The van der Waals surface area contributed by atoms with Crippen molar-refractivity contribution in [3.8, 4) is 11.4 Å². The van der Waals surface area contributed by atoms with E-state index in [-0.39, 0.29) is 6.10 Å². The highest BCUT2D eigenvalue weighted by atomic mass is 16.5. The van der Waals surface area contributed by atoms with Crippen molar-refractivity contribution in [2.75, 3.05) is 0 Å². The van der Waals surface area contributed by atoms with Crippen molar-refractivity contribution in [3.63, 3.8) is 0 Å². The lowest BCUT2D eigenvalue weighted by Crippen LogP contribution is -2.10. The summed E-state index contributed by atoms with van der Waals surface area (Å²) >= 11 is 0. The van der Waals surface area contributed by atoms with Gasteiger partial charge in [0.1, 0.15) is 5.75 Å². The van der Waals surface area contributed by atoms with Gasteiger partial charge >= 0.3 is 0 Å². The zero-order valence-electron chi connectivity index (χ0n) is 12.1. The maximum absolute atomic E-state index is 5.90. The Balaban J connectivity index is 2.56. The molecule has 0 aliphatic heterocycles. The van der Waals surface area contributed by atoms with Gasteiger partial charge in [-0.15, -0.1) is 0 Å². The monoisotopic (exact) mass is 258 g/mol. The quantitative estimate of drug-likeness (QED) is 0.913. The Morgan fingerprint density at radius 2 is 1.89 bits per heavy atom. The van der Waals surface area contributed by atoms with Gasteiger partial charge < -0.3 is 15.0 Å². The molecule has 3 heteroatoms. The van der Waals surface area contributed by atoms with Crippen LogP contribution in [0.2, 0.25) is 0 Å². The number of rotatable bonds is 4. The standard InChI is InChI=1S/C16H22N2O/c1-11(2)19-16-8-6-5-7-15(16)18-12(3)9-14(10-17)13(18)4/h5-9,11H,10,17H2,1-4H3. The summed E-state index contributed by atoms with van der Waals surface area (Å²) in [6.07, 6.45) is 0.159. The van der Waals surface area contributed by atoms with Crippen LogP contribution in [0.1, 0.15) is 30.8 Å². The topological polar surface area (TPSA) is 40.2 Å². The molecule has 1 heterocycles. The molecule has 0 fully saturated rings. The second-order valence-corrected chi connectivity index (χ2v) is 5.07. The number of hydrogen-bond acceptors (Lipinski definition) is 2. The van der Waals surface area contributed by atoms with Crippen LogP contribution in [0.25, 0.3) is 5.69 Å². The lowest BCUT2D eigenvalue weighted by molar-refractivity contribution is 0.241. The van der Waals surface area contributed by atoms with Crippen LogP contribution in [0.5, 0.6) is 5.75 Å². The molecule has 1 aromatic carbocycles. The molecule has 0 aliphatic rings. The Morgan fingerprint density at radius 3 is 2.47 bits per heavy atom. The van der Waals surface area contributed by atoms with Gasteiger partial charge in [-0.1, -0.05) is 12.1 Å². The third kappa shape index (κ3) is 2.66. The van der Waals surface area contributed by atoms with Gasteiger partial charge in [0.25, 0.3) is 0 Å². The lowest BCUT2D eigenvalue weighted by Gasteiger charge is -2.17. The first kappa shape index (κ1) is 13.7. The van der Waals surface area contributed by atoms with Crippen LogP contribution in [-0.4, -0.2) is 10.7 Å². The molecule has 0 radical (unpaired) electrons. The average Bonchev–Trinajstić information content (AvgIpc) is 2.65. The van der Waals surface area contributed by atoms with E-state index in [1.165, 1.54) is 17.0 Å². The van der Waals surface area contributed by atoms with E-state index in [2.05, 4.69) is 30.5 Å². The summed E-state index contributed by atoms with van der Waals surface area (Å²) in [4.78, 5) is 0. The third-order valence-corrected chi connectivity index (χ3v) is 3.22. The summed E-state index contributed by atoms with van der Waals surface area (Å²) in [5, 5.41) is 0. The second-order valence-electron chi connectivity index (χ2n) is 5.07. The molecule has 2 aromatic rings. The van der Waals surface area contributed by atoms with Gasteiger partial charge in [-0.2, -0.15) is 0 Å².